The Morgan fingerprint density at radius 3 is 2.85 bits per heavy atom. The van der Waals surface area contributed by atoms with Crippen LogP contribution in [-0.2, 0) is 4.79 Å². The number of amidine groups is 1. The van der Waals surface area contributed by atoms with Crippen LogP contribution in [0.4, 0.5) is 11.5 Å². The number of hydrogen-bond donors (Lipinski definition) is 4. The van der Waals surface area contributed by atoms with Gasteiger partial charge in [0.15, 0.2) is 5.82 Å². The lowest BCUT2D eigenvalue weighted by molar-refractivity contribution is -0.699. The van der Waals surface area contributed by atoms with E-state index in [4.69, 9.17) is 0 Å². The summed E-state index contributed by atoms with van der Waals surface area (Å²) in [4.78, 5) is 17.8. The van der Waals surface area contributed by atoms with Crippen molar-refractivity contribution in [3.8, 4) is 0 Å². The summed E-state index contributed by atoms with van der Waals surface area (Å²) in [5, 5.41) is 13.3. The van der Waals surface area contributed by atoms with Gasteiger partial charge in [-0.15, -0.1) is 0 Å². The molecule has 0 bridgehead atoms. The van der Waals surface area contributed by atoms with Gasteiger partial charge < -0.3 is 5.32 Å². The molecule has 0 radical (unpaired) electrons. The highest BCUT2D eigenvalue weighted by molar-refractivity contribution is 7.97. The van der Waals surface area contributed by atoms with E-state index < -0.39 is 0 Å². The topological polar surface area (TPSA) is 89.9 Å². The van der Waals surface area contributed by atoms with Gasteiger partial charge in [-0.2, -0.15) is 5.10 Å². The summed E-state index contributed by atoms with van der Waals surface area (Å²) in [6.45, 7) is 4.18. The number of aliphatic imine (C=N–C) groups is 1. The number of amides is 1. The van der Waals surface area contributed by atoms with Crippen LogP contribution in [-0.4, -0.2) is 32.8 Å². The van der Waals surface area contributed by atoms with Gasteiger partial charge in [0.2, 0.25) is 17.6 Å². The molecule has 1 atom stereocenters. The van der Waals surface area contributed by atoms with E-state index in [0.29, 0.717) is 6.54 Å². The van der Waals surface area contributed by atoms with Gasteiger partial charge in [0.1, 0.15) is 12.7 Å². The minimum Gasteiger partial charge on any atom is -0.326 e. The first-order chi connectivity index (χ1) is 13.1. The number of benzene rings is 1. The number of aromatic amines is 1. The fourth-order valence-electron chi connectivity index (χ4n) is 2.86. The second-order valence-electron chi connectivity index (χ2n) is 6.28. The minimum atomic E-state index is -0.0755. The molecule has 0 saturated carbocycles. The van der Waals surface area contributed by atoms with Gasteiger partial charge in [-0.3, -0.25) is 19.5 Å². The van der Waals surface area contributed by atoms with Crippen molar-refractivity contribution >= 4 is 35.2 Å². The van der Waals surface area contributed by atoms with E-state index in [1.807, 2.05) is 49.7 Å². The second kappa shape index (κ2) is 7.29. The molecule has 138 valence electrons. The highest BCUT2D eigenvalue weighted by atomic mass is 32.2. The summed E-state index contributed by atoms with van der Waals surface area (Å²) >= 11 is 1.61. The van der Waals surface area contributed by atoms with Crippen LogP contribution in [0.25, 0.3) is 0 Å². The molecule has 0 aliphatic carbocycles. The zero-order valence-corrected chi connectivity index (χ0v) is 15.8. The smallest absolute Gasteiger partial charge is 0.233 e. The molecule has 1 aromatic heterocycles. The van der Waals surface area contributed by atoms with E-state index in [-0.39, 0.29) is 5.91 Å². The molecule has 8 nitrogen and oxygen atoms in total. The Balaban J connectivity index is 1.51. The standard InChI is InChI=1S/C18H19N7OS/c1-12-9-16(23-22-12)21-18-11-24(10-17-19-7-8-25(17)18)27-15-5-3-14(4-6-15)20-13(2)26/h3-9,11H,10H2,1-2H3,(H,20,26)(H2,21,22,23)/p+1. The van der Waals surface area contributed by atoms with E-state index in [2.05, 4.69) is 36.3 Å². The molecular formula is C18H20N7OS+. The number of anilines is 2. The Morgan fingerprint density at radius 2 is 2.15 bits per heavy atom. The van der Waals surface area contributed by atoms with Crippen LogP contribution in [0.2, 0.25) is 0 Å². The monoisotopic (exact) mass is 382 g/mol. The third-order valence-corrected chi connectivity index (χ3v) is 4.97. The van der Waals surface area contributed by atoms with E-state index >= 15 is 0 Å². The number of nitrogens with zero attached hydrogens (tertiary/aromatic N) is 3. The number of aromatic nitrogens is 2. The molecule has 0 saturated heterocycles. The first-order valence-electron chi connectivity index (χ1n) is 8.51. The highest BCUT2D eigenvalue weighted by Crippen LogP contribution is 2.26. The van der Waals surface area contributed by atoms with Crippen LogP contribution in [0.5, 0.6) is 0 Å². The molecule has 9 heteroatoms. The number of quaternary nitrogens is 1. The molecule has 3 heterocycles. The van der Waals surface area contributed by atoms with Crippen molar-refractivity contribution in [2.24, 2.45) is 4.99 Å². The molecule has 1 aromatic carbocycles. The average molecular weight is 382 g/mol. The molecule has 2 aliphatic heterocycles. The second-order valence-corrected chi connectivity index (χ2v) is 7.40. The van der Waals surface area contributed by atoms with E-state index in [1.165, 1.54) is 6.92 Å². The first kappa shape index (κ1) is 17.4. The average Bonchev–Trinajstić information content (AvgIpc) is 3.25. The van der Waals surface area contributed by atoms with Crippen molar-refractivity contribution < 1.29 is 9.69 Å². The van der Waals surface area contributed by atoms with Crippen LogP contribution in [0.1, 0.15) is 12.6 Å². The summed E-state index contributed by atoms with van der Waals surface area (Å²) in [7, 11) is 0. The number of carbonyl (C=O) groups is 1. The maximum absolute atomic E-state index is 11.1. The molecule has 0 spiro atoms. The van der Waals surface area contributed by atoms with E-state index in [0.717, 1.165) is 38.7 Å². The predicted octanol–water partition coefficient (Wildman–Crippen LogP) is 1.68. The zero-order chi connectivity index (χ0) is 18.8. The van der Waals surface area contributed by atoms with E-state index in [1.54, 1.807) is 11.9 Å². The Morgan fingerprint density at radius 1 is 1.33 bits per heavy atom. The van der Waals surface area contributed by atoms with Crippen molar-refractivity contribution in [3.05, 3.63) is 60.4 Å². The summed E-state index contributed by atoms with van der Waals surface area (Å²) in [6.07, 6.45) is 5.91. The lowest BCUT2D eigenvalue weighted by Crippen LogP contribution is -3.10. The summed E-state index contributed by atoms with van der Waals surface area (Å²) in [5.41, 5.74) is 1.79. The van der Waals surface area contributed by atoms with Gasteiger partial charge >= 0.3 is 0 Å². The van der Waals surface area contributed by atoms with Gasteiger partial charge in [-0.25, -0.2) is 9.89 Å². The third-order valence-electron chi connectivity index (χ3n) is 4.02. The maximum atomic E-state index is 11.1. The van der Waals surface area contributed by atoms with Crippen LogP contribution >= 0.6 is 11.9 Å². The molecule has 4 rings (SSSR count). The number of hydrogen-bond acceptors (Lipinski definition) is 6. The van der Waals surface area contributed by atoms with Crippen molar-refractivity contribution in [2.75, 3.05) is 17.2 Å². The summed E-state index contributed by atoms with van der Waals surface area (Å²) in [5.74, 6) is 2.68. The summed E-state index contributed by atoms with van der Waals surface area (Å²) in [6, 6.07) is 9.73. The Hall–Kier alpha value is -3.04. The minimum absolute atomic E-state index is 0.0755. The predicted molar refractivity (Wildman–Crippen MR) is 106 cm³/mol. The van der Waals surface area contributed by atoms with Crippen molar-refractivity contribution in [1.82, 2.24) is 14.5 Å². The molecule has 1 unspecified atom stereocenters. The third kappa shape index (κ3) is 4.04. The van der Waals surface area contributed by atoms with Crippen molar-refractivity contribution in [2.45, 2.75) is 18.7 Å². The van der Waals surface area contributed by atoms with Gasteiger partial charge in [-0.1, -0.05) is 0 Å². The van der Waals surface area contributed by atoms with Crippen LogP contribution in [0.15, 0.2) is 64.6 Å². The lowest BCUT2D eigenvalue weighted by atomic mass is 10.3. The number of H-pyrrole nitrogens is 1. The normalized spacial score (nSPS) is 18.0. The van der Waals surface area contributed by atoms with Crippen LogP contribution < -0.4 is 15.5 Å². The van der Waals surface area contributed by atoms with Gasteiger partial charge in [-0.05, 0) is 43.1 Å². The van der Waals surface area contributed by atoms with Crippen molar-refractivity contribution in [3.63, 3.8) is 0 Å². The van der Waals surface area contributed by atoms with Crippen LogP contribution in [0, 0.1) is 6.92 Å². The number of nitrogens with one attached hydrogen (secondary N) is 4. The molecule has 2 aromatic rings. The Bertz CT molecular complexity index is 945. The lowest BCUT2D eigenvalue weighted by Gasteiger charge is -2.27. The van der Waals surface area contributed by atoms with Gasteiger partial charge in [0.05, 0.1) is 12.4 Å². The van der Waals surface area contributed by atoms with Crippen molar-refractivity contribution in [1.29, 1.82) is 0 Å². The Kier molecular flexibility index (Phi) is 4.69. The molecule has 4 N–H and O–H groups in total. The number of carbonyl (C=O) groups excluding carboxylic acids is 1. The van der Waals surface area contributed by atoms with Gasteiger partial charge in [0.25, 0.3) is 0 Å². The Labute approximate surface area is 161 Å². The highest BCUT2D eigenvalue weighted by Gasteiger charge is 2.32. The molecular weight excluding hydrogens is 362 g/mol. The number of aryl methyl sites for hydroxylation is 1. The molecule has 2 aliphatic rings. The summed E-state index contributed by atoms with van der Waals surface area (Å²) < 4.78 is 2.13. The largest absolute Gasteiger partial charge is 0.326 e. The molecule has 1 amide bonds. The van der Waals surface area contributed by atoms with E-state index in [9.17, 15) is 4.79 Å². The number of rotatable bonds is 5. The quantitative estimate of drug-likeness (QED) is 0.591. The fraction of sp³-hybridized carbons (Fsp3) is 0.167. The number of fused-ring (bicyclic) bond motifs is 1. The molecule has 0 fully saturated rings. The first-order valence-corrected chi connectivity index (χ1v) is 9.28. The fourth-order valence-corrected chi connectivity index (χ4v) is 3.74. The zero-order valence-electron chi connectivity index (χ0n) is 15.0. The molecule has 27 heavy (non-hydrogen) atoms. The SMILES string of the molecule is CC(=O)Nc1ccc(SN2C=C(Nc3cc(C)[nH]n3)[NH+]3C=CN=C3C2)cc1. The van der Waals surface area contributed by atoms with Gasteiger partial charge in [0, 0.05) is 29.3 Å². The maximum Gasteiger partial charge on any atom is 0.233 e. The van der Waals surface area contributed by atoms with Crippen LogP contribution in [0.3, 0.4) is 0 Å².